The van der Waals surface area contributed by atoms with E-state index in [1.165, 1.54) is 19.1 Å². The molecule has 3 rings (SSSR count). The van der Waals surface area contributed by atoms with Crippen LogP contribution < -0.4 is 10.0 Å². The molecular weight excluding hydrogens is 405 g/mol. The summed E-state index contributed by atoms with van der Waals surface area (Å²) in [7, 11) is -2.07. The predicted molar refractivity (Wildman–Crippen MR) is 109 cm³/mol. The van der Waals surface area contributed by atoms with Crippen LogP contribution in [-0.4, -0.2) is 45.4 Å². The molecule has 0 saturated carbocycles. The third kappa shape index (κ3) is 4.81. The number of hydrogen-bond donors (Lipinski definition) is 2. The van der Waals surface area contributed by atoms with E-state index < -0.39 is 15.8 Å². The van der Waals surface area contributed by atoms with Crippen molar-refractivity contribution in [2.45, 2.75) is 24.3 Å². The first-order chi connectivity index (χ1) is 12.8. The molecule has 1 fully saturated rings. The van der Waals surface area contributed by atoms with Gasteiger partial charge in [-0.05, 0) is 67.9 Å². The van der Waals surface area contributed by atoms with Gasteiger partial charge in [0.25, 0.3) is 15.9 Å². The fraction of sp³-hybridized carbons (Fsp3) is 0.316. The van der Waals surface area contributed by atoms with Crippen molar-refractivity contribution in [1.82, 2.24) is 10.2 Å². The standard InChI is InChI=1S/C19H22FN3O3S.ClH/c1-13-11-15(20)5-8-18(13)27(25,26)22-16-6-3-14(4-7-16)19(24)23(2)17-9-10-21-12-17;/h3-8,11,17,21-22H,9-10,12H2,1-2H3;1H. The Balaban J connectivity index is 0.00000280. The maximum Gasteiger partial charge on any atom is 0.262 e. The summed E-state index contributed by atoms with van der Waals surface area (Å²) in [5.74, 6) is -0.594. The van der Waals surface area contributed by atoms with E-state index in [0.717, 1.165) is 25.6 Å². The monoisotopic (exact) mass is 427 g/mol. The van der Waals surface area contributed by atoms with Gasteiger partial charge in [0.05, 0.1) is 4.90 Å². The van der Waals surface area contributed by atoms with Crippen LogP contribution in [0, 0.1) is 12.7 Å². The van der Waals surface area contributed by atoms with Gasteiger partial charge in [-0.25, -0.2) is 12.8 Å². The van der Waals surface area contributed by atoms with E-state index in [1.807, 2.05) is 0 Å². The highest BCUT2D eigenvalue weighted by Crippen LogP contribution is 2.21. The van der Waals surface area contributed by atoms with Gasteiger partial charge in [0, 0.05) is 30.9 Å². The van der Waals surface area contributed by atoms with Crippen LogP contribution in [0.1, 0.15) is 22.3 Å². The molecule has 1 saturated heterocycles. The molecule has 1 unspecified atom stereocenters. The Labute approximate surface area is 170 Å². The lowest BCUT2D eigenvalue weighted by Crippen LogP contribution is -2.38. The van der Waals surface area contributed by atoms with E-state index >= 15 is 0 Å². The van der Waals surface area contributed by atoms with Crippen LogP contribution in [0.15, 0.2) is 47.4 Å². The van der Waals surface area contributed by atoms with Gasteiger partial charge in [0.15, 0.2) is 0 Å². The van der Waals surface area contributed by atoms with Crippen molar-refractivity contribution in [1.29, 1.82) is 0 Å². The first-order valence-corrected chi connectivity index (χ1v) is 10.1. The molecule has 1 atom stereocenters. The summed E-state index contributed by atoms with van der Waals surface area (Å²) in [6, 6.07) is 9.95. The molecule has 1 aliphatic heterocycles. The summed E-state index contributed by atoms with van der Waals surface area (Å²) in [6.07, 6.45) is 0.914. The van der Waals surface area contributed by atoms with Gasteiger partial charge in [0.1, 0.15) is 5.82 Å². The minimum absolute atomic E-state index is 0. The minimum atomic E-state index is -3.84. The zero-order valence-electron chi connectivity index (χ0n) is 15.6. The molecule has 152 valence electrons. The summed E-state index contributed by atoms with van der Waals surface area (Å²) in [6.45, 7) is 3.20. The lowest BCUT2D eigenvalue weighted by Gasteiger charge is -2.23. The molecule has 1 aliphatic rings. The highest BCUT2D eigenvalue weighted by molar-refractivity contribution is 7.92. The number of benzene rings is 2. The van der Waals surface area contributed by atoms with E-state index in [1.54, 1.807) is 36.2 Å². The number of rotatable bonds is 5. The van der Waals surface area contributed by atoms with Gasteiger partial charge >= 0.3 is 0 Å². The van der Waals surface area contributed by atoms with Crippen molar-refractivity contribution in [3.63, 3.8) is 0 Å². The number of nitrogens with zero attached hydrogens (tertiary/aromatic N) is 1. The highest BCUT2D eigenvalue weighted by Gasteiger charge is 2.24. The van der Waals surface area contributed by atoms with Crippen molar-refractivity contribution in [3.8, 4) is 0 Å². The van der Waals surface area contributed by atoms with E-state index in [4.69, 9.17) is 0 Å². The van der Waals surface area contributed by atoms with Crippen LogP contribution in [0.5, 0.6) is 0 Å². The largest absolute Gasteiger partial charge is 0.337 e. The maximum absolute atomic E-state index is 13.2. The van der Waals surface area contributed by atoms with E-state index in [2.05, 4.69) is 10.0 Å². The van der Waals surface area contributed by atoms with Crippen LogP contribution in [0.3, 0.4) is 0 Å². The Morgan fingerprint density at radius 2 is 1.89 bits per heavy atom. The lowest BCUT2D eigenvalue weighted by molar-refractivity contribution is 0.0744. The molecule has 1 amide bonds. The quantitative estimate of drug-likeness (QED) is 0.769. The number of aryl methyl sites for hydroxylation is 1. The normalized spacial score (nSPS) is 16.3. The number of likely N-dealkylation sites (N-methyl/N-ethyl adjacent to an activating group) is 1. The van der Waals surface area contributed by atoms with Crippen LogP contribution in [0.25, 0.3) is 0 Å². The van der Waals surface area contributed by atoms with Gasteiger partial charge in [-0.3, -0.25) is 9.52 Å². The van der Waals surface area contributed by atoms with Gasteiger partial charge in [-0.2, -0.15) is 0 Å². The van der Waals surface area contributed by atoms with Crippen molar-refractivity contribution < 1.29 is 17.6 Å². The van der Waals surface area contributed by atoms with Crippen molar-refractivity contribution in [3.05, 3.63) is 59.4 Å². The fourth-order valence-electron chi connectivity index (χ4n) is 3.14. The predicted octanol–water partition coefficient (Wildman–Crippen LogP) is 2.79. The number of anilines is 1. The van der Waals surface area contributed by atoms with E-state index in [9.17, 15) is 17.6 Å². The lowest BCUT2D eigenvalue weighted by atomic mass is 10.1. The second-order valence-electron chi connectivity index (χ2n) is 6.66. The first kappa shape index (κ1) is 22.1. The number of hydrogen-bond acceptors (Lipinski definition) is 4. The summed E-state index contributed by atoms with van der Waals surface area (Å²) >= 11 is 0. The van der Waals surface area contributed by atoms with Crippen LogP contribution in [0.2, 0.25) is 0 Å². The topological polar surface area (TPSA) is 78.5 Å². The minimum Gasteiger partial charge on any atom is -0.337 e. The zero-order valence-corrected chi connectivity index (χ0v) is 17.2. The Hall–Kier alpha value is -2.16. The van der Waals surface area contributed by atoms with Crippen LogP contribution in [-0.2, 0) is 10.0 Å². The van der Waals surface area contributed by atoms with Crippen LogP contribution >= 0.6 is 12.4 Å². The van der Waals surface area contributed by atoms with E-state index in [0.29, 0.717) is 16.8 Å². The Kier molecular flexibility index (Phi) is 7.03. The van der Waals surface area contributed by atoms with Crippen molar-refractivity contribution in [2.24, 2.45) is 0 Å². The summed E-state index contributed by atoms with van der Waals surface area (Å²) < 4.78 is 40.7. The summed E-state index contributed by atoms with van der Waals surface area (Å²) in [5, 5.41) is 3.22. The van der Waals surface area contributed by atoms with Gasteiger partial charge in [0.2, 0.25) is 0 Å². The third-order valence-electron chi connectivity index (χ3n) is 4.71. The fourth-order valence-corrected chi connectivity index (χ4v) is 4.43. The van der Waals surface area contributed by atoms with Gasteiger partial charge in [-0.15, -0.1) is 12.4 Å². The number of carbonyl (C=O) groups is 1. The SMILES string of the molecule is Cc1cc(F)ccc1S(=O)(=O)Nc1ccc(C(=O)N(C)C2CCNC2)cc1.Cl. The smallest absolute Gasteiger partial charge is 0.262 e. The molecule has 0 aliphatic carbocycles. The first-order valence-electron chi connectivity index (χ1n) is 8.65. The molecule has 2 N–H and O–H groups in total. The Morgan fingerprint density at radius 1 is 1.21 bits per heavy atom. The Bertz CT molecular complexity index is 945. The molecule has 9 heteroatoms. The molecular formula is C19H23ClFN3O3S. The second kappa shape index (κ2) is 8.89. The molecule has 0 spiro atoms. The molecule has 1 heterocycles. The average Bonchev–Trinajstić information content (AvgIpc) is 3.15. The molecule has 0 radical (unpaired) electrons. The molecule has 28 heavy (non-hydrogen) atoms. The van der Waals surface area contributed by atoms with Gasteiger partial charge < -0.3 is 10.2 Å². The molecule has 0 bridgehead atoms. The van der Waals surface area contributed by atoms with E-state index in [-0.39, 0.29) is 29.3 Å². The summed E-state index contributed by atoms with van der Waals surface area (Å²) in [4.78, 5) is 14.3. The number of nitrogens with one attached hydrogen (secondary N) is 2. The second-order valence-corrected chi connectivity index (χ2v) is 8.31. The average molecular weight is 428 g/mol. The maximum atomic E-state index is 13.2. The third-order valence-corrected chi connectivity index (χ3v) is 6.25. The number of halogens is 2. The van der Waals surface area contributed by atoms with Gasteiger partial charge in [-0.1, -0.05) is 0 Å². The Morgan fingerprint density at radius 3 is 2.46 bits per heavy atom. The van der Waals surface area contributed by atoms with Crippen molar-refractivity contribution in [2.75, 3.05) is 24.9 Å². The number of carbonyl (C=O) groups excluding carboxylic acids is 1. The number of sulfonamides is 1. The molecule has 0 aromatic heterocycles. The number of amides is 1. The molecule has 6 nitrogen and oxygen atoms in total. The zero-order chi connectivity index (χ0) is 19.6. The highest BCUT2D eigenvalue weighted by atomic mass is 35.5. The molecule has 2 aromatic rings. The van der Waals surface area contributed by atoms with Crippen molar-refractivity contribution >= 4 is 34.0 Å². The summed E-state index contributed by atoms with van der Waals surface area (Å²) in [5.41, 5.74) is 1.15. The molecule has 2 aromatic carbocycles. The van der Waals surface area contributed by atoms with Crippen LogP contribution in [0.4, 0.5) is 10.1 Å².